The minimum atomic E-state index is 0.538. The van der Waals surface area contributed by atoms with Crippen LogP contribution in [0.25, 0.3) is 0 Å². The maximum absolute atomic E-state index is 4.32. The van der Waals surface area contributed by atoms with Crippen molar-refractivity contribution in [2.45, 2.75) is 9.50 Å². The monoisotopic (exact) mass is 269 g/mol. The molecule has 17 heavy (non-hydrogen) atoms. The highest BCUT2D eigenvalue weighted by Crippen LogP contribution is 2.26. The highest BCUT2D eigenvalue weighted by molar-refractivity contribution is 8.00. The zero-order valence-electron chi connectivity index (χ0n) is 9.58. The number of hydrogen-bond donors (Lipinski definition) is 1. The largest absolute Gasteiger partial charge is 0.357 e. The van der Waals surface area contributed by atoms with Gasteiger partial charge in [-0.3, -0.25) is 0 Å². The Kier molecular flexibility index (Phi) is 3.69. The van der Waals surface area contributed by atoms with Gasteiger partial charge in [-0.05, 0) is 11.8 Å². The summed E-state index contributed by atoms with van der Waals surface area (Å²) in [5.74, 6) is 1.15. The standard InChI is InChI=1S/C8H11N7S2/c1-9-5-11-6(15(2)3)13-7(12-5)17-8-14-10-4-16-8/h4H,1-3H3,(H,9,11,12,13). The van der Waals surface area contributed by atoms with Crippen LogP contribution >= 0.6 is 23.1 Å². The Balaban J connectivity index is 2.29. The lowest BCUT2D eigenvalue weighted by Gasteiger charge is -2.11. The fourth-order valence-corrected chi connectivity index (χ4v) is 2.32. The molecule has 0 spiro atoms. The summed E-state index contributed by atoms with van der Waals surface area (Å²) in [5.41, 5.74) is 1.68. The van der Waals surface area contributed by atoms with E-state index in [9.17, 15) is 0 Å². The van der Waals surface area contributed by atoms with E-state index in [4.69, 9.17) is 0 Å². The second-order valence-corrected chi connectivity index (χ2v) is 5.24. The summed E-state index contributed by atoms with van der Waals surface area (Å²) >= 11 is 2.82. The second kappa shape index (κ2) is 5.23. The second-order valence-electron chi connectivity index (χ2n) is 3.19. The molecule has 9 heteroatoms. The number of rotatable bonds is 4. The first-order chi connectivity index (χ1) is 8.19. The van der Waals surface area contributed by atoms with Crippen LogP contribution in [-0.4, -0.2) is 46.3 Å². The van der Waals surface area contributed by atoms with Gasteiger partial charge in [0.25, 0.3) is 0 Å². The molecule has 0 amide bonds. The smallest absolute Gasteiger partial charge is 0.230 e. The molecule has 2 aromatic rings. The molecule has 0 aliphatic rings. The third-order valence-corrected chi connectivity index (χ3v) is 3.39. The van der Waals surface area contributed by atoms with Gasteiger partial charge in [-0.2, -0.15) is 15.0 Å². The molecule has 0 atom stereocenters. The molecule has 2 heterocycles. The first-order valence-electron chi connectivity index (χ1n) is 4.74. The molecule has 0 fully saturated rings. The van der Waals surface area contributed by atoms with E-state index in [1.54, 1.807) is 12.6 Å². The van der Waals surface area contributed by atoms with E-state index in [0.29, 0.717) is 17.1 Å². The molecule has 0 aliphatic carbocycles. The van der Waals surface area contributed by atoms with Crippen LogP contribution in [0.4, 0.5) is 11.9 Å². The van der Waals surface area contributed by atoms with Gasteiger partial charge in [0.2, 0.25) is 17.1 Å². The molecule has 0 bridgehead atoms. The van der Waals surface area contributed by atoms with Crippen molar-refractivity contribution in [1.82, 2.24) is 25.1 Å². The first-order valence-corrected chi connectivity index (χ1v) is 6.44. The van der Waals surface area contributed by atoms with Crippen molar-refractivity contribution in [2.24, 2.45) is 0 Å². The average molecular weight is 269 g/mol. The number of nitrogens with zero attached hydrogens (tertiary/aromatic N) is 6. The lowest BCUT2D eigenvalue weighted by Crippen LogP contribution is -2.15. The summed E-state index contributed by atoms with van der Waals surface area (Å²) < 4.78 is 0.808. The fourth-order valence-electron chi connectivity index (χ4n) is 0.989. The zero-order chi connectivity index (χ0) is 12.3. The van der Waals surface area contributed by atoms with Crippen LogP contribution in [0, 0.1) is 0 Å². The Morgan fingerprint density at radius 2 is 2.12 bits per heavy atom. The van der Waals surface area contributed by atoms with Crippen molar-refractivity contribution in [3.05, 3.63) is 5.51 Å². The third-order valence-electron chi connectivity index (χ3n) is 1.75. The molecule has 7 nitrogen and oxygen atoms in total. The molecule has 2 aromatic heterocycles. The summed E-state index contributed by atoms with van der Waals surface area (Å²) in [6, 6.07) is 0. The molecular weight excluding hydrogens is 258 g/mol. The van der Waals surface area contributed by atoms with E-state index in [2.05, 4.69) is 30.5 Å². The highest BCUT2D eigenvalue weighted by Gasteiger charge is 2.10. The van der Waals surface area contributed by atoms with Gasteiger partial charge in [0.1, 0.15) is 5.51 Å². The van der Waals surface area contributed by atoms with Crippen LogP contribution in [0.15, 0.2) is 15.0 Å². The molecule has 0 aliphatic heterocycles. The molecule has 90 valence electrons. The van der Waals surface area contributed by atoms with Gasteiger partial charge in [-0.15, -0.1) is 10.2 Å². The van der Waals surface area contributed by atoms with Crippen LogP contribution < -0.4 is 10.2 Å². The Labute approximate surface area is 107 Å². The molecule has 0 saturated carbocycles. The van der Waals surface area contributed by atoms with Crippen molar-refractivity contribution in [2.75, 3.05) is 31.4 Å². The predicted molar refractivity (Wildman–Crippen MR) is 67.7 cm³/mol. The van der Waals surface area contributed by atoms with Crippen molar-refractivity contribution < 1.29 is 0 Å². The Morgan fingerprint density at radius 1 is 1.29 bits per heavy atom. The Hall–Kier alpha value is -1.48. The maximum atomic E-state index is 4.32. The molecule has 0 aromatic carbocycles. The topological polar surface area (TPSA) is 79.7 Å². The van der Waals surface area contributed by atoms with Gasteiger partial charge in [-0.25, -0.2) is 0 Å². The van der Waals surface area contributed by atoms with E-state index in [0.717, 1.165) is 4.34 Å². The highest BCUT2D eigenvalue weighted by atomic mass is 32.2. The van der Waals surface area contributed by atoms with Crippen molar-refractivity contribution >= 4 is 35.0 Å². The number of aromatic nitrogens is 5. The maximum Gasteiger partial charge on any atom is 0.230 e. The van der Waals surface area contributed by atoms with Crippen molar-refractivity contribution in [1.29, 1.82) is 0 Å². The minimum Gasteiger partial charge on any atom is -0.357 e. The third kappa shape index (κ3) is 3.01. The van der Waals surface area contributed by atoms with E-state index in [1.807, 2.05) is 19.0 Å². The SMILES string of the molecule is CNc1nc(Sc2nncs2)nc(N(C)C)n1. The summed E-state index contributed by atoms with van der Waals surface area (Å²) in [7, 11) is 5.54. The molecule has 0 radical (unpaired) electrons. The van der Waals surface area contributed by atoms with Crippen LogP contribution in [0.5, 0.6) is 0 Å². The zero-order valence-corrected chi connectivity index (χ0v) is 11.2. The summed E-state index contributed by atoms with van der Waals surface area (Å²) in [6.07, 6.45) is 0. The Bertz CT molecular complexity index is 485. The van der Waals surface area contributed by atoms with Crippen LogP contribution in [0.3, 0.4) is 0 Å². The number of anilines is 2. The molecule has 0 unspecified atom stereocenters. The normalized spacial score (nSPS) is 10.3. The van der Waals surface area contributed by atoms with Gasteiger partial charge in [-0.1, -0.05) is 11.3 Å². The molecule has 1 N–H and O–H groups in total. The van der Waals surface area contributed by atoms with Crippen molar-refractivity contribution in [3.63, 3.8) is 0 Å². The van der Waals surface area contributed by atoms with Gasteiger partial charge in [0.15, 0.2) is 4.34 Å². The van der Waals surface area contributed by atoms with Crippen LogP contribution in [0.2, 0.25) is 0 Å². The average Bonchev–Trinajstić information content (AvgIpc) is 2.81. The van der Waals surface area contributed by atoms with Crippen molar-refractivity contribution in [3.8, 4) is 0 Å². The molecular formula is C8H11N7S2. The summed E-state index contributed by atoms with van der Waals surface area (Å²) in [4.78, 5) is 14.6. The van der Waals surface area contributed by atoms with E-state index < -0.39 is 0 Å². The van der Waals surface area contributed by atoms with Gasteiger partial charge >= 0.3 is 0 Å². The summed E-state index contributed by atoms with van der Waals surface area (Å²) in [6.45, 7) is 0. The van der Waals surface area contributed by atoms with Gasteiger partial charge in [0.05, 0.1) is 0 Å². The predicted octanol–water partition coefficient (Wildman–Crippen LogP) is 0.982. The Morgan fingerprint density at radius 3 is 2.71 bits per heavy atom. The van der Waals surface area contributed by atoms with E-state index in [1.165, 1.54) is 23.1 Å². The summed E-state index contributed by atoms with van der Waals surface area (Å²) in [5, 5.41) is 11.2. The lowest BCUT2D eigenvalue weighted by molar-refractivity contribution is 0.868. The fraction of sp³-hybridized carbons (Fsp3) is 0.375. The number of nitrogens with one attached hydrogen (secondary N) is 1. The van der Waals surface area contributed by atoms with Gasteiger partial charge in [0, 0.05) is 21.1 Å². The number of hydrogen-bond acceptors (Lipinski definition) is 9. The quantitative estimate of drug-likeness (QED) is 0.880. The van der Waals surface area contributed by atoms with Gasteiger partial charge < -0.3 is 10.2 Å². The molecule has 0 saturated heterocycles. The lowest BCUT2D eigenvalue weighted by atomic mass is 10.8. The molecule has 2 rings (SSSR count). The minimum absolute atomic E-state index is 0.538. The van der Waals surface area contributed by atoms with Crippen LogP contribution in [-0.2, 0) is 0 Å². The van der Waals surface area contributed by atoms with Crippen LogP contribution in [0.1, 0.15) is 0 Å². The first kappa shape index (κ1) is 12.0. The van der Waals surface area contributed by atoms with E-state index >= 15 is 0 Å². The van der Waals surface area contributed by atoms with E-state index in [-0.39, 0.29) is 0 Å².